The van der Waals surface area contributed by atoms with E-state index in [0.29, 0.717) is 17.9 Å². The Kier molecular flexibility index (Phi) is 5.04. The maximum Gasteiger partial charge on any atom is 0.243 e. The molecular weight excluding hydrogens is 286 g/mol. The first kappa shape index (κ1) is 16.0. The third kappa shape index (κ3) is 3.65. The Morgan fingerprint density at radius 2 is 2.10 bits per heavy atom. The molecule has 1 aromatic carbocycles. The van der Waals surface area contributed by atoms with Crippen molar-refractivity contribution in [2.24, 2.45) is 0 Å². The van der Waals surface area contributed by atoms with E-state index in [9.17, 15) is 8.42 Å². The lowest BCUT2D eigenvalue weighted by atomic mass is 10.1. The summed E-state index contributed by atoms with van der Waals surface area (Å²) in [5.74, 6) is 5.81. The lowest BCUT2D eigenvalue weighted by Crippen LogP contribution is -2.32. The highest BCUT2D eigenvalue weighted by Gasteiger charge is 2.36. The normalized spacial score (nSPS) is 14.9. The largest absolute Gasteiger partial charge is 0.395 e. The fourth-order valence-corrected chi connectivity index (χ4v) is 4.05. The van der Waals surface area contributed by atoms with Gasteiger partial charge in [-0.15, -0.1) is 0 Å². The van der Waals surface area contributed by atoms with Crippen LogP contribution in [0.1, 0.15) is 37.3 Å². The second-order valence-corrected chi connectivity index (χ2v) is 7.08. The van der Waals surface area contributed by atoms with Crippen LogP contribution in [0.4, 0.5) is 0 Å². The van der Waals surface area contributed by atoms with Crippen LogP contribution in [0, 0.1) is 18.8 Å². The Morgan fingerprint density at radius 1 is 1.38 bits per heavy atom. The van der Waals surface area contributed by atoms with Crippen LogP contribution in [-0.4, -0.2) is 37.0 Å². The molecule has 4 nitrogen and oxygen atoms in total. The third-order valence-electron chi connectivity index (χ3n) is 3.53. The SMILES string of the molecule is CCN(C1CC1)S(=O)(=O)c1ccc(C#CCCO)c(C)c1. The second-order valence-electron chi connectivity index (χ2n) is 5.19. The molecule has 0 unspecified atom stereocenters. The predicted molar refractivity (Wildman–Crippen MR) is 82.3 cm³/mol. The number of aryl methyl sites for hydroxylation is 1. The average molecular weight is 307 g/mol. The first-order valence-corrected chi connectivity index (χ1v) is 8.67. The Labute approximate surface area is 126 Å². The summed E-state index contributed by atoms with van der Waals surface area (Å²) in [4.78, 5) is 0.335. The van der Waals surface area contributed by atoms with E-state index in [-0.39, 0.29) is 12.6 Å². The Bertz CT molecular complexity index is 666. The van der Waals surface area contributed by atoms with Gasteiger partial charge in [0.15, 0.2) is 0 Å². The minimum atomic E-state index is -3.41. The zero-order valence-electron chi connectivity index (χ0n) is 12.5. The van der Waals surface area contributed by atoms with Gasteiger partial charge in [-0.05, 0) is 43.5 Å². The summed E-state index contributed by atoms with van der Waals surface area (Å²) in [5.41, 5.74) is 1.64. The number of aliphatic hydroxyl groups excluding tert-OH is 1. The minimum Gasteiger partial charge on any atom is -0.395 e. The molecule has 0 saturated heterocycles. The van der Waals surface area contributed by atoms with Crippen molar-refractivity contribution in [2.75, 3.05) is 13.2 Å². The molecule has 0 radical (unpaired) electrons. The van der Waals surface area contributed by atoms with Crippen LogP contribution in [-0.2, 0) is 10.0 Å². The van der Waals surface area contributed by atoms with Gasteiger partial charge in [-0.2, -0.15) is 4.31 Å². The van der Waals surface area contributed by atoms with Crippen LogP contribution in [0.5, 0.6) is 0 Å². The molecule has 0 aliphatic heterocycles. The number of aliphatic hydroxyl groups is 1. The van der Waals surface area contributed by atoms with Crippen LogP contribution in [0.25, 0.3) is 0 Å². The molecule has 114 valence electrons. The van der Waals surface area contributed by atoms with Crippen molar-refractivity contribution in [3.8, 4) is 11.8 Å². The summed E-state index contributed by atoms with van der Waals surface area (Å²) < 4.78 is 26.8. The summed E-state index contributed by atoms with van der Waals surface area (Å²) >= 11 is 0. The van der Waals surface area contributed by atoms with Crippen molar-refractivity contribution >= 4 is 10.0 Å². The van der Waals surface area contributed by atoms with Gasteiger partial charge in [-0.1, -0.05) is 18.8 Å². The number of sulfonamides is 1. The maximum absolute atomic E-state index is 12.6. The zero-order valence-corrected chi connectivity index (χ0v) is 13.3. The summed E-state index contributed by atoms with van der Waals surface area (Å²) in [6.07, 6.45) is 2.33. The molecule has 1 fully saturated rings. The van der Waals surface area contributed by atoms with Crippen molar-refractivity contribution in [1.29, 1.82) is 0 Å². The number of hydrogen-bond donors (Lipinski definition) is 1. The molecule has 21 heavy (non-hydrogen) atoms. The first-order valence-electron chi connectivity index (χ1n) is 7.23. The number of benzene rings is 1. The van der Waals surface area contributed by atoms with E-state index in [1.807, 2.05) is 13.8 Å². The van der Waals surface area contributed by atoms with Gasteiger partial charge in [0.05, 0.1) is 11.5 Å². The van der Waals surface area contributed by atoms with E-state index in [0.717, 1.165) is 24.0 Å². The van der Waals surface area contributed by atoms with Gasteiger partial charge in [-0.25, -0.2) is 8.42 Å². The van der Waals surface area contributed by atoms with E-state index in [1.54, 1.807) is 22.5 Å². The van der Waals surface area contributed by atoms with Crippen LogP contribution < -0.4 is 0 Å². The van der Waals surface area contributed by atoms with Gasteiger partial charge in [0.1, 0.15) is 0 Å². The van der Waals surface area contributed by atoms with E-state index >= 15 is 0 Å². The van der Waals surface area contributed by atoms with Crippen molar-refractivity contribution in [3.05, 3.63) is 29.3 Å². The fraction of sp³-hybridized carbons (Fsp3) is 0.500. The molecule has 2 rings (SSSR count). The smallest absolute Gasteiger partial charge is 0.243 e. The van der Waals surface area contributed by atoms with E-state index in [4.69, 9.17) is 5.11 Å². The standard InChI is InChI=1S/C16H21NO3S/c1-3-17(15-8-9-15)21(19,20)16-10-7-14(13(2)12-16)6-4-5-11-18/h7,10,12,15,18H,3,5,8-9,11H2,1-2H3. The molecule has 1 aromatic rings. The van der Waals surface area contributed by atoms with Crippen molar-refractivity contribution in [1.82, 2.24) is 4.31 Å². The molecule has 1 aliphatic carbocycles. The van der Waals surface area contributed by atoms with E-state index < -0.39 is 10.0 Å². The molecule has 5 heteroatoms. The molecular formula is C16H21NO3S. The Hall–Kier alpha value is -1.35. The van der Waals surface area contributed by atoms with Crippen LogP contribution in [0.2, 0.25) is 0 Å². The summed E-state index contributed by atoms with van der Waals surface area (Å²) in [5, 5.41) is 8.72. The van der Waals surface area contributed by atoms with E-state index in [1.165, 1.54) is 0 Å². The topological polar surface area (TPSA) is 57.6 Å². The van der Waals surface area contributed by atoms with Crippen molar-refractivity contribution < 1.29 is 13.5 Å². The minimum absolute atomic E-state index is 0.0331. The van der Waals surface area contributed by atoms with Crippen LogP contribution >= 0.6 is 0 Å². The number of rotatable bonds is 5. The quantitative estimate of drug-likeness (QED) is 0.845. The average Bonchev–Trinajstić information content (AvgIpc) is 3.26. The van der Waals surface area contributed by atoms with Gasteiger partial charge in [0.25, 0.3) is 0 Å². The third-order valence-corrected chi connectivity index (χ3v) is 5.55. The summed E-state index contributed by atoms with van der Waals surface area (Å²) in [6, 6.07) is 5.22. The van der Waals surface area contributed by atoms with Gasteiger partial charge in [-0.3, -0.25) is 0 Å². The second kappa shape index (κ2) is 6.61. The fourth-order valence-electron chi connectivity index (χ4n) is 2.27. The van der Waals surface area contributed by atoms with Crippen molar-refractivity contribution in [2.45, 2.75) is 44.0 Å². The molecule has 0 aromatic heterocycles. The lowest BCUT2D eigenvalue weighted by molar-refractivity contribution is 0.305. The number of nitrogens with zero attached hydrogens (tertiary/aromatic N) is 1. The van der Waals surface area contributed by atoms with Crippen molar-refractivity contribution in [3.63, 3.8) is 0 Å². The molecule has 0 atom stereocenters. The molecule has 1 saturated carbocycles. The van der Waals surface area contributed by atoms with Crippen LogP contribution in [0.15, 0.2) is 23.1 Å². The first-order chi connectivity index (χ1) is 10.0. The highest BCUT2D eigenvalue weighted by Crippen LogP contribution is 2.32. The molecule has 0 heterocycles. The summed E-state index contributed by atoms with van der Waals surface area (Å²) in [7, 11) is -3.41. The van der Waals surface area contributed by atoms with Gasteiger partial charge >= 0.3 is 0 Å². The van der Waals surface area contributed by atoms with Gasteiger partial charge in [0, 0.05) is 24.6 Å². The highest BCUT2D eigenvalue weighted by molar-refractivity contribution is 7.89. The molecule has 1 N–H and O–H groups in total. The predicted octanol–water partition coefficient (Wildman–Crippen LogP) is 1.90. The molecule has 1 aliphatic rings. The number of hydrogen-bond acceptors (Lipinski definition) is 3. The molecule has 0 amide bonds. The van der Waals surface area contributed by atoms with Gasteiger partial charge in [0.2, 0.25) is 10.0 Å². The summed E-state index contributed by atoms with van der Waals surface area (Å²) in [6.45, 7) is 4.27. The molecule has 0 bridgehead atoms. The maximum atomic E-state index is 12.6. The van der Waals surface area contributed by atoms with E-state index in [2.05, 4.69) is 11.8 Å². The monoisotopic (exact) mass is 307 g/mol. The highest BCUT2D eigenvalue weighted by atomic mass is 32.2. The lowest BCUT2D eigenvalue weighted by Gasteiger charge is -2.20. The van der Waals surface area contributed by atoms with Gasteiger partial charge < -0.3 is 5.11 Å². The Balaban J connectivity index is 2.29. The Morgan fingerprint density at radius 3 is 2.62 bits per heavy atom. The van der Waals surface area contributed by atoms with Crippen LogP contribution in [0.3, 0.4) is 0 Å². The molecule has 0 spiro atoms. The zero-order chi connectivity index (χ0) is 15.5.